The molecule has 1 unspecified atom stereocenters. The topological polar surface area (TPSA) is 98.5 Å². The number of methoxy groups -OCH3 is 1. The molecule has 0 radical (unpaired) electrons. The van der Waals surface area contributed by atoms with Gasteiger partial charge in [-0.05, 0) is 12.0 Å². The first-order valence-electron chi connectivity index (χ1n) is 5.22. The molecule has 0 aliphatic carbocycles. The van der Waals surface area contributed by atoms with E-state index in [9.17, 15) is 13.2 Å². The molecule has 3 N–H and O–H groups in total. The Morgan fingerprint density at radius 2 is 2.11 bits per heavy atom. The molecule has 6 nitrogen and oxygen atoms in total. The van der Waals surface area contributed by atoms with Gasteiger partial charge >= 0.3 is 5.97 Å². The standard InChI is InChI=1S/C10H16N2O4S2/c1-6(2)9(10(13)16-3)12-18(14,15)8-4-7(11)5-17-8/h4-6,9,12H,11H2,1-3H3. The fourth-order valence-corrected chi connectivity index (χ4v) is 3.71. The average Bonchev–Trinajstić information content (AvgIpc) is 2.72. The molecule has 0 bridgehead atoms. The lowest BCUT2D eigenvalue weighted by atomic mass is 10.1. The zero-order valence-electron chi connectivity index (χ0n) is 10.3. The molecule has 0 spiro atoms. The quantitative estimate of drug-likeness (QED) is 0.782. The second kappa shape index (κ2) is 5.68. The molecule has 18 heavy (non-hydrogen) atoms. The first kappa shape index (κ1) is 14.9. The Morgan fingerprint density at radius 3 is 2.50 bits per heavy atom. The van der Waals surface area contributed by atoms with E-state index in [0.717, 1.165) is 11.3 Å². The summed E-state index contributed by atoms with van der Waals surface area (Å²) in [5.41, 5.74) is 5.85. The summed E-state index contributed by atoms with van der Waals surface area (Å²) in [5, 5.41) is 1.52. The maximum Gasteiger partial charge on any atom is 0.324 e. The van der Waals surface area contributed by atoms with Crippen LogP contribution in [0, 0.1) is 5.92 Å². The average molecular weight is 292 g/mol. The summed E-state index contributed by atoms with van der Waals surface area (Å²) in [4.78, 5) is 11.5. The third kappa shape index (κ3) is 3.44. The van der Waals surface area contributed by atoms with E-state index >= 15 is 0 Å². The van der Waals surface area contributed by atoms with E-state index in [0.29, 0.717) is 5.69 Å². The smallest absolute Gasteiger partial charge is 0.324 e. The van der Waals surface area contributed by atoms with Gasteiger partial charge in [0, 0.05) is 11.1 Å². The minimum absolute atomic E-state index is 0.0783. The Hall–Kier alpha value is -1.12. The molecule has 1 rings (SSSR count). The highest BCUT2D eigenvalue weighted by atomic mass is 32.2. The van der Waals surface area contributed by atoms with Crippen molar-refractivity contribution in [1.82, 2.24) is 4.72 Å². The molecular formula is C10H16N2O4S2. The van der Waals surface area contributed by atoms with Crippen molar-refractivity contribution >= 4 is 33.0 Å². The number of carbonyl (C=O) groups is 1. The van der Waals surface area contributed by atoms with Gasteiger partial charge in [0.15, 0.2) is 0 Å². The minimum Gasteiger partial charge on any atom is -0.468 e. The molecule has 1 aromatic rings. The second-order valence-electron chi connectivity index (χ2n) is 4.07. The summed E-state index contributed by atoms with van der Waals surface area (Å²) < 4.78 is 31.0. The van der Waals surface area contributed by atoms with Gasteiger partial charge in [-0.25, -0.2) is 8.42 Å². The molecule has 0 fully saturated rings. The summed E-state index contributed by atoms with van der Waals surface area (Å²) in [7, 11) is -2.53. The third-order valence-corrected chi connectivity index (χ3v) is 5.16. The van der Waals surface area contributed by atoms with E-state index in [2.05, 4.69) is 9.46 Å². The Labute approximate surface area is 110 Å². The summed E-state index contributed by atoms with van der Waals surface area (Å²) in [6.45, 7) is 3.46. The number of anilines is 1. The van der Waals surface area contributed by atoms with E-state index in [1.54, 1.807) is 13.8 Å². The van der Waals surface area contributed by atoms with Crippen molar-refractivity contribution in [3.8, 4) is 0 Å². The highest BCUT2D eigenvalue weighted by Crippen LogP contribution is 2.22. The van der Waals surface area contributed by atoms with Gasteiger partial charge in [0.1, 0.15) is 10.3 Å². The SMILES string of the molecule is COC(=O)C(NS(=O)(=O)c1cc(N)cs1)C(C)C. The van der Waals surface area contributed by atoms with Crippen LogP contribution in [0.15, 0.2) is 15.7 Å². The Balaban J connectivity index is 2.97. The molecule has 0 aliphatic heterocycles. The second-order valence-corrected chi connectivity index (χ2v) is 6.92. The van der Waals surface area contributed by atoms with Crippen LogP contribution in [0.2, 0.25) is 0 Å². The molecule has 0 aliphatic rings. The van der Waals surface area contributed by atoms with Crippen LogP contribution in [0.3, 0.4) is 0 Å². The van der Waals surface area contributed by atoms with Crippen molar-refractivity contribution in [2.75, 3.05) is 12.8 Å². The van der Waals surface area contributed by atoms with Gasteiger partial charge in [-0.3, -0.25) is 4.79 Å². The summed E-state index contributed by atoms with van der Waals surface area (Å²) >= 11 is 1.00. The normalized spacial score (nSPS) is 13.6. The number of sulfonamides is 1. The van der Waals surface area contributed by atoms with Gasteiger partial charge in [-0.15, -0.1) is 11.3 Å². The van der Waals surface area contributed by atoms with E-state index < -0.39 is 22.0 Å². The monoisotopic (exact) mass is 292 g/mol. The molecule has 1 atom stereocenters. The number of thiophene rings is 1. The number of ether oxygens (including phenoxy) is 1. The lowest BCUT2D eigenvalue weighted by Gasteiger charge is -2.19. The highest BCUT2D eigenvalue weighted by molar-refractivity contribution is 7.91. The van der Waals surface area contributed by atoms with Crippen LogP contribution in [0.25, 0.3) is 0 Å². The van der Waals surface area contributed by atoms with Gasteiger partial charge < -0.3 is 10.5 Å². The number of nitrogen functional groups attached to an aromatic ring is 1. The van der Waals surface area contributed by atoms with Crippen LogP contribution in [0.5, 0.6) is 0 Å². The van der Waals surface area contributed by atoms with Gasteiger partial charge in [0.05, 0.1) is 7.11 Å². The van der Waals surface area contributed by atoms with Crippen molar-refractivity contribution in [2.24, 2.45) is 5.92 Å². The minimum atomic E-state index is -3.75. The van der Waals surface area contributed by atoms with Crippen LogP contribution >= 0.6 is 11.3 Å². The Morgan fingerprint density at radius 1 is 1.50 bits per heavy atom. The zero-order chi connectivity index (χ0) is 13.9. The molecular weight excluding hydrogens is 276 g/mol. The van der Waals surface area contributed by atoms with E-state index in [4.69, 9.17) is 5.73 Å². The summed E-state index contributed by atoms with van der Waals surface area (Å²) in [5.74, 6) is -0.831. The van der Waals surface area contributed by atoms with Gasteiger partial charge in [0.2, 0.25) is 0 Å². The third-order valence-electron chi connectivity index (χ3n) is 2.26. The van der Waals surface area contributed by atoms with Crippen molar-refractivity contribution < 1.29 is 17.9 Å². The first-order valence-corrected chi connectivity index (χ1v) is 7.58. The van der Waals surface area contributed by atoms with Gasteiger partial charge in [0.25, 0.3) is 10.0 Å². The summed E-state index contributed by atoms with van der Waals surface area (Å²) in [6.07, 6.45) is 0. The fourth-order valence-electron chi connectivity index (χ4n) is 1.28. The number of esters is 1. The highest BCUT2D eigenvalue weighted by Gasteiger charge is 2.29. The first-order chi connectivity index (χ1) is 8.27. The van der Waals surface area contributed by atoms with Crippen LogP contribution in [-0.4, -0.2) is 27.5 Å². The van der Waals surface area contributed by atoms with Crippen LogP contribution < -0.4 is 10.5 Å². The van der Waals surface area contributed by atoms with Crippen molar-refractivity contribution in [3.05, 3.63) is 11.4 Å². The van der Waals surface area contributed by atoms with Gasteiger partial charge in [-0.2, -0.15) is 4.72 Å². The zero-order valence-corrected chi connectivity index (χ0v) is 12.0. The molecule has 0 amide bonds. The van der Waals surface area contributed by atoms with Crippen LogP contribution in [-0.2, 0) is 19.6 Å². The van der Waals surface area contributed by atoms with E-state index in [1.165, 1.54) is 18.6 Å². The number of rotatable bonds is 5. The van der Waals surface area contributed by atoms with Crippen LogP contribution in [0.1, 0.15) is 13.8 Å². The van der Waals surface area contributed by atoms with Gasteiger partial charge in [-0.1, -0.05) is 13.8 Å². The molecule has 0 aromatic carbocycles. The lowest BCUT2D eigenvalue weighted by molar-refractivity contribution is -0.143. The number of hydrogen-bond donors (Lipinski definition) is 2. The number of hydrogen-bond acceptors (Lipinski definition) is 6. The molecule has 0 saturated heterocycles. The number of nitrogens with one attached hydrogen (secondary N) is 1. The Kier molecular flexibility index (Phi) is 4.71. The molecule has 0 saturated carbocycles. The predicted molar refractivity (Wildman–Crippen MR) is 69.7 cm³/mol. The molecule has 102 valence electrons. The Bertz CT molecular complexity index is 522. The van der Waals surface area contributed by atoms with Crippen molar-refractivity contribution in [3.63, 3.8) is 0 Å². The van der Waals surface area contributed by atoms with Crippen LogP contribution in [0.4, 0.5) is 5.69 Å². The largest absolute Gasteiger partial charge is 0.468 e. The van der Waals surface area contributed by atoms with Crippen molar-refractivity contribution in [2.45, 2.75) is 24.1 Å². The van der Waals surface area contributed by atoms with E-state index in [1.807, 2.05) is 0 Å². The number of carbonyl (C=O) groups excluding carboxylic acids is 1. The molecule has 1 heterocycles. The fraction of sp³-hybridized carbons (Fsp3) is 0.500. The maximum atomic E-state index is 12.0. The van der Waals surface area contributed by atoms with Crippen molar-refractivity contribution in [1.29, 1.82) is 0 Å². The summed E-state index contributed by atoms with van der Waals surface area (Å²) in [6, 6.07) is 0.435. The number of nitrogens with two attached hydrogens (primary N) is 1. The van der Waals surface area contributed by atoms with E-state index in [-0.39, 0.29) is 10.1 Å². The lowest BCUT2D eigenvalue weighted by Crippen LogP contribution is -2.44. The molecule has 1 aromatic heterocycles. The maximum absolute atomic E-state index is 12.0. The predicted octanol–water partition coefficient (Wildman–Crippen LogP) is 0.806. The molecule has 8 heteroatoms.